The largest absolute Gasteiger partial charge is 0.465 e. The van der Waals surface area contributed by atoms with Crippen LogP contribution in [0.2, 0.25) is 0 Å². The standard InChI is InChI=1S/C12H13IN4O3/c13-7-5-14-8(15-6-7)11(1-2-11)16-9(18)12(3-4-12)17-10(19)20/h5-6,17H,1-4H2,(H,16,18)(H,19,20). The van der Waals surface area contributed by atoms with Crippen LogP contribution in [-0.2, 0) is 10.3 Å². The third-order valence-electron chi connectivity index (χ3n) is 3.68. The van der Waals surface area contributed by atoms with Crippen molar-refractivity contribution in [3.8, 4) is 0 Å². The molecule has 0 saturated heterocycles. The van der Waals surface area contributed by atoms with Crippen LogP contribution in [0.5, 0.6) is 0 Å². The second-order valence-electron chi connectivity index (χ2n) is 5.27. The van der Waals surface area contributed by atoms with E-state index in [-0.39, 0.29) is 5.91 Å². The summed E-state index contributed by atoms with van der Waals surface area (Å²) >= 11 is 2.12. The fourth-order valence-corrected chi connectivity index (χ4v) is 2.44. The summed E-state index contributed by atoms with van der Waals surface area (Å²) in [5.74, 6) is 0.317. The van der Waals surface area contributed by atoms with Crippen molar-refractivity contribution in [1.82, 2.24) is 20.6 Å². The highest BCUT2D eigenvalue weighted by Gasteiger charge is 2.56. The Labute approximate surface area is 128 Å². The van der Waals surface area contributed by atoms with Gasteiger partial charge in [-0.2, -0.15) is 0 Å². The summed E-state index contributed by atoms with van der Waals surface area (Å²) in [7, 11) is 0. The zero-order chi connectivity index (χ0) is 14.4. The highest BCUT2D eigenvalue weighted by atomic mass is 127. The number of nitrogens with one attached hydrogen (secondary N) is 2. The van der Waals surface area contributed by atoms with Crippen LogP contribution in [0.3, 0.4) is 0 Å². The highest BCUT2D eigenvalue weighted by molar-refractivity contribution is 14.1. The molecular weight excluding hydrogens is 375 g/mol. The number of rotatable bonds is 4. The van der Waals surface area contributed by atoms with E-state index in [1.54, 1.807) is 12.4 Å². The molecule has 1 aromatic rings. The Balaban J connectivity index is 1.73. The maximum Gasteiger partial charge on any atom is 0.405 e. The summed E-state index contributed by atoms with van der Waals surface area (Å²) in [5, 5.41) is 14.0. The van der Waals surface area contributed by atoms with Gasteiger partial charge in [0.25, 0.3) is 0 Å². The topological polar surface area (TPSA) is 104 Å². The average molecular weight is 388 g/mol. The lowest BCUT2D eigenvalue weighted by Gasteiger charge is -2.21. The molecule has 0 atom stereocenters. The monoisotopic (exact) mass is 388 g/mol. The van der Waals surface area contributed by atoms with Gasteiger partial charge in [-0.1, -0.05) is 0 Å². The molecule has 8 heteroatoms. The van der Waals surface area contributed by atoms with Crippen LogP contribution in [0.15, 0.2) is 12.4 Å². The molecule has 2 aliphatic rings. The Bertz CT molecular complexity index is 567. The van der Waals surface area contributed by atoms with Crippen molar-refractivity contribution in [3.63, 3.8) is 0 Å². The minimum absolute atomic E-state index is 0.278. The molecule has 0 spiro atoms. The molecule has 1 heterocycles. The number of halogens is 1. The number of carbonyl (C=O) groups excluding carboxylic acids is 1. The highest BCUT2D eigenvalue weighted by Crippen LogP contribution is 2.45. The molecule has 0 unspecified atom stereocenters. The summed E-state index contributed by atoms with van der Waals surface area (Å²) in [5.41, 5.74) is -1.47. The normalized spacial score (nSPS) is 20.9. The van der Waals surface area contributed by atoms with Gasteiger partial charge in [0, 0.05) is 16.0 Å². The van der Waals surface area contributed by atoms with Gasteiger partial charge in [-0.25, -0.2) is 14.8 Å². The molecule has 1 aromatic heterocycles. The van der Waals surface area contributed by atoms with Gasteiger partial charge in [-0.05, 0) is 48.3 Å². The van der Waals surface area contributed by atoms with E-state index < -0.39 is 17.2 Å². The number of hydrogen-bond donors (Lipinski definition) is 3. The van der Waals surface area contributed by atoms with Gasteiger partial charge in [-0.3, -0.25) is 4.79 Å². The van der Waals surface area contributed by atoms with Gasteiger partial charge < -0.3 is 15.7 Å². The first-order valence-electron chi connectivity index (χ1n) is 6.28. The Kier molecular flexibility index (Phi) is 3.07. The van der Waals surface area contributed by atoms with E-state index >= 15 is 0 Å². The van der Waals surface area contributed by atoms with E-state index in [0.29, 0.717) is 18.7 Å². The second kappa shape index (κ2) is 4.54. The molecule has 2 aliphatic carbocycles. The van der Waals surface area contributed by atoms with Crippen LogP contribution in [-0.4, -0.2) is 32.6 Å². The van der Waals surface area contributed by atoms with Crippen molar-refractivity contribution in [2.24, 2.45) is 0 Å². The number of carboxylic acid groups (broad SMARTS) is 1. The van der Waals surface area contributed by atoms with Gasteiger partial charge in [0.1, 0.15) is 11.1 Å². The van der Waals surface area contributed by atoms with E-state index in [1.165, 1.54) is 0 Å². The van der Waals surface area contributed by atoms with Crippen molar-refractivity contribution < 1.29 is 14.7 Å². The molecule has 7 nitrogen and oxygen atoms in total. The van der Waals surface area contributed by atoms with Crippen molar-refractivity contribution in [2.75, 3.05) is 0 Å². The zero-order valence-electron chi connectivity index (χ0n) is 10.5. The molecule has 106 valence electrons. The first kappa shape index (κ1) is 13.5. The van der Waals surface area contributed by atoms with Gasteiger partial charge >= 0.3 is 6.09 Å². The summed E-state index contributed by atoms with van der Waals surface area (Å²) in [6.07, 6.45) is 4.87. The molecule has 3 N–H and O–H groups in total. The summed E-state index contributed by atoms with van der Waals surface area (Å²) in [4.78, 5) is 31.5. The number of carbonyl (C=O) groups is 2. The maximum atomic E-state index is 12.3. The number of nitrogens with zero attached hydrogens (tertiary/aromatic N) is 2. The molecule has 20 heavy (non-hydrogen) atoms. The van der Waals surface area contributed by atoms with E-state index in [2.05, 4.69) is 43.2 Å². The van der Waals surface area contributed by atoms with E-state index in [1.807, 2.05) is 0 Å². The SMILES string of the molecule is O=C(O)NC1(C(=O)NC2(c3ncc(I)cn3)CC2)CC1. The van der Waals surface area contributed by atoms with Crippen molar-refractivity contribution in [3.05, 3.63) is 21.8 Å². The quantitative estimate of drug-likeness (QED) is 0.668. The Hall–Kier alpha value is -1.45. The van der Waals surface area contributed by atoms with Crippen molar-refractivity contribution in [2.45, 2.75) is 36.8 Å². The first-order chi connectivity index (χ1) is 9.46. The van der Waals surface area contributed by atoms with Crippen LogP contribution >= 0.6 is 22.6 Å². The molecule has 0 aromatic carbocycles. The van der Waals surface area contributed by atoms with E-state index in [0.717, 1.165) is 16.4 Å². The Morgan fingerprint density at radius 2 is 1.75 bits per heavy atom. The molecule has 0 aliphatic heterocycles. The minimum atomic E-state index is -1.17. The van der Waals surface area contributed by atoms with E-state index in [4.69, 9.17) is 5.11 Å². The minimum Gasteiger partial charge on any atom is -0.465 e. The number of aromatic nitrogens is 2. The predicted octanol–water partition coefficient (Wildman–Crippen LogP) is 0.987. The number of hydrogen-bond acceptors (Lipinski definition) is 4. The summed E-state index contributed by atoms with van der Waals surface area (Å²) < 4.78 is 0.930. The van der Waals surface area contributed by atoms with Crippen molar-refractivity contribution >= 4 is 34.6 Å². The molecule has 0 radical (unpaired) electrons. The maximum absolute atomic E-state index is 12.3. The fraction of sp³-hybridized carbons (Fsp3) is 0.500. The number of amides is 2. The smallest absolute Gasteiger partial charge is 0.405 e. The molecule has 2 saturated carbocycles. The third-order valence-corrected chi connectivity index (χ3v) is 4.24. The third kappa shape index (κ3) is 2.43. The lowest BCUT2D eigenvalue weighted by molar-refractivity contribution is -0.125. The molecular formula is C12H13IN4O3. The average Bonchev–Trinajstić information content (AvgIpc) is 3.27. The molecule has 2 fully saturated rings. The molecule has 2 amide bonds. The first-order valence-corrected chi connectivity index (χ1v) is 7.35. The predicted molar refractivity (Wildman–Crippen MR) is 76.9 cm³/mol. The summed E-state index contributed by atoms with van der Waals surface area (Å²) in [6, 6.07) is 0. The van der Waals surface area contributed by atoms with Crippen LogP contribution in [0.1, 0.15) is 31.5 Å². The van der Waals surface area contributed by atoms with E-state index in [9.17, 15) is 9.59 Å². The Morgan fingerprint density at radius 3 is 2.20 bits per heavy atom. The van der Waals surface area contributed by atoms with Gasteiger partial charge in [0.15, 0.2) is 5.82 Å². The van der Waals surface area contributed by atoms with Gasteiger partial charge in [-0.15, -0.1) is 0 Å². The lowest BCUT2D eigenvalue weighted by atomic mass is 10.2. The summed E-state index contributed by atoms with van der Waals surface area (Å²) in [6.45, 7) is 0. The fourth-order valence-electron chi connectivity index (χ4n) is 2.16. The van der Waals surface area contributed by atoms with Crippen molar-refractivity contribution in [1.29, 1.82) is 0 Å². The Morgan fingerprint density at radius 1 is 1.15 bits per heavy atom. The zero-order valence-corrected chi connectivity index (χ0v) is 12.7. The molecule has 3 rings (SSSR count). The second-order valence-corrected chi connectivity index (χ2v) is 6.52. The van der Waals surface area contributed by atoms with Crippen LogP contribution in [0, 0.1) is 3.57 Å². The van der Waals surface area contributed by atoms with Gasteiger partial charge in [0.2, 0.25) is 5.91 Å². The van der Waals surface area contributed by atoms with Crippen LogP contribution < -0.4 is 10.6 Å². The molecule has 0 bridgehead atoms. The lowest BCUT2D eigenvalue weighted by Crippen LogP contribution is -2.51. The van der Waals surface area contributed by atoms with Gasteiger partial charge in [0.05, 0.1) is 0 Å². The van der Waals surface area contributed by atoms with Crippen LogP contribution in [0.25, 0.3) is 0 Å². The van der Waals surface area contributed by atoms with Crippen LogP contribution in [0.4, 0.5) is 4.79 Å².